The molecule has 1 N–H and O–H groups in total. The highest BCUT2D eigenvalue weighted by atomic mass is 35.5. The predicted molar refractivity (Wildman–Crippen MR) is 113 cm³/mol. The van der Waals surface area contributed by atoms with Gasteiger partial charge in [-0.05, 0) is 75.2 Å². The molecule has 0 saturated carbocycles. The summed E-state index contributed by atoms with van der Waals surface area (Å²) in [7, 11) is 0. The number of nitrogens with one attached hydrogen (secondary N) is 1. The van der Waals surface area contributed by atoms with E-state index in [-0.39, 0.29) is 23.9 Å². The lowest BCUT2D eigenvalue weighted by molar-refractivity contribution is -0.138. The Labute approximate surface area is 180 Å². The predicted octanol–water partition coefficient (Wildman–Crippen LogP) is 5.92. The molecule has 7 heteroatoms. The number of ether oxygens (including phenoxy) is 1. The molecule has 0 aromatic heterocycles. The van der Waals surface area contributed by atoms with E-state index >= 15 is 0 Å². The molecule has 0 aliphatic carbocycles. The number of hydrogen-bond donors (Lipinski definition) is 1. The number of alkyl halides is 3. The van der Waals surface area contributed by atoms with Crippen molar-refractivity contribution in [1.82, 2.24) is 5.32 Å². The minimum absolute atomic E-state index is 0.0909. The molecule has 0 bridgehead atoms. The Morgan fingerprint density at radius 3 is 2.43 bits per heavy atom. The molecule has 30 heavy (non-hydrogen) atoms. The van der Waals surface area contributed by atoms with Gasteiger partial charge >= 0.3 is 6.18 Å². The van der Waals surface area contributed by atoms with Crippen molar-refractivity contribution in [3.05, 3.63) is 59.1 Å². The van der Waals surface area contributed by atoms with E-state index in [1.807, 2.05) is 24.3 Å². The van der Waals surface area contributed by atoms with Crippen LogP contribution in [0.1, 0.15) is 37.7 Å². The molecule has 1 spiro atoms. The van der Waals surface area contributed by atoms with Crippen LogP contribution in [0.3, 0.4) is 0 Å². The van der Waals surface area contributed by atoms with Crippen LogP contribution in [-0.4, -0.2) is 31.3 Å². The number of para-hydroxylation sites is 1. The van der Waals surface area contributed by atoms with E-state index in [1.165, 1.54) is 12.1 Å². The van der Waals surface area contributed by atoms with Gasteiger partial charge in [-0.1, -0.05) is 23.7 Å². The first-order chi connectivity index (χ1) is 14.4. The van der Waals surface area contributed by atoms with Crippen LogP contribution < -0.4 is 15.0 Å². The van der Waals surface area contributed by atoms with E-state index in [1.54, 1.807) is 6.07 Å². The van der Waals surface area contributed by atoms with Gasteiger partial charge < -0.3 is 15.0 Å². The summed E-state index contributed by atoms with van der Waals surface area (Å²) in [5, 5.41) is 4.13. The van der Waals surface area contributed by atoms with Gasteiger partial charge in [-0.3, -0.25) is 0 Å². The molecule has 162 valence electrons. The highest BCUT2D eigenvalue weighted by molar-refractivity contribution is 6.30. The van der Waals surface area contributed by atoms with Gasteiger partial charge in [0.2, 0.25) is 0 Å². The van der Waals surface area contributed by atoms with Gasteiger partial charge in [0.1, 0.15) is 5.75 Å². The molecule has 2 saturated heterocycles. The van der Waals surface area contributed by atoms with E-state index in [2.05, 4.69) is 10.2 Å². The molecular formula is C23H26ClF3N2O. The molecule has 2 aliphatic rings. The molecule has 4 rings (SSSR count). The third-order valence-corrected chi connectivity index (χ3v) is 6.61. The lowest BCUT2D eigenvalue weighted by Gasteiger charge is -2.45. The van der Waals surface area contributed by atoms with Crippen LogP contribution in [0.2, 0.25) is 5.02 Å². The summed E-state index contributed by atoms with van der Waals surface area (Å²) in [6.07, 6.45) is 0.463. The number of anilines is 1. The monoisotopic (exact) mass is 438 g/mol. The molecular weight excluding hydrogens is 413 g/mol. The minimum atomic E-state index is -4.42. The van der Waals surface area contributed by atoms with E-state index < -0.39 is 11.7 Å². The highest BCUT2D eigenvalue weighted by Gasteiger charge is 2.46. The second kappa shape index (κ2) is 8.67. The first kappa shape index (κ1) is 21.3. The van der Waals surface area contributed by atoms with Gasteiger partial charge in [-0.15, -0.1) is 0 Å². The summed E-state index contributed by atoms with van der Waals surface area (Å²) in [6, 6.07) is 13.5. The zero-order valence-electron chi connectivity index (χ0n) is 16.7. The molecule has 2 aromatic rings. The van der Waals surface area contributed by atoms with E-state index in [0.717, 1.165) is 50.5 Å². The largest absolute Gasteiger partial charge is 0.493 e. The minimum Gasteiger partial charge on any atom is -0.493 e. The van der Waals surface area contributed by atoms with Crippen LogP contribution in [0, 0.1) is 0 Å². The fourth-order valence-electron chi connectivity index (χ4n) is 4.95. The average Bonchev–Trinajstić information content (AvgIpc) is 3.06. The Kier molecular flexibility index (Phi) is 6.16. The molecule has 2 aliphatic heterocycles. The van der Waals surface area contributed by atoms with Crippen molar-refractivity contribution < 1.29 is 17.9 Å². The Balaban J connectivity index is 1.50. The Hall–Kier alpha value is -1.92. The topological polar surface area (TPSA) is 24.5 Å². The molecule has 3 nitrogen and oxygen atoms in total. The van der Waals surface area contributed by atoms with Crippen LogP contribution in [-0.2, 0) is 6.18 Å². The SMILES string of the molecule is FC(F)(F)c1ccccc1OCCC1CCC2(CCNCC2)N1c1ccc(Cl)cc1. The van der Waals surface area contributed by atoms with Gasteiger partial charge in [0, 0.05) is 28.7 Å². The molecule has 1 atom stereocenters. The maximum absolute atomic E-state index is 13.2. The van der Waals surface area contributed by atoms with E-state index in [0.29, 0.717) is 11.4 Å². The summed E-state index contributed by atoms with van der Waals surface area (Å²) < 4.78 is 45.3. The third-order valence-electron chi connectivity index (χ3n) is 6.36. The number of nitrogens with zero attached hydrogens (tertiary/aromatic N) is 1. The molecule has 1 unspecified atom stereocenters. The number of benzene rings is 2. The highest BCUT2D eigenvalue weighted by Crippen LogP contribution is 2.45. The lowest BCUT2D eigenvalue weighted by Crippen LogP contribution is -2.53. The maximum atomic E-state index is 13.2. The van der Waals surface area contributed by atoms with Gasteiger partial charge in [0.15, 0.2) is 0 Å². The quantitative estimate of drug-likeness (QED) is 0.627. The third kappa shape index (κ3) is 4.40. The molecule has 2 fully saturated rings. The Morgan fingerprint density at radius 1 is 1.03 bits per heavy atom. The van der Waals surface area contributed by atoms with Crippen LogP contribution in [0.4, 0.5) is 18.9 Å². The summed E-state index contributed by atoms with van der Waals surface area (Å²) >= 11 is 6.09. The number of piperidine rings is 1. The van der Waals surface area contributed by atoms with Crippen molar-refractivity contribution in [2.75, 3.05) is 24.6 Å². The number of rotatable bonds is 5. The fraction of sp³-hybridized carbons (Fsp3) is 0.478. The normalized spacial score (nSPS) is 21.2. The average molecular weight is 439 g/mol. The zero-order chi connectivity index (χ0) is 21.2. The number of halogens is 4. The van der Waals surface area contributed by atoms with Gasteiger partial charge in [-0.25, -0.2) is 0 Å². The van der Waals surface area contributed by atoms with Crippen molar-refractivity contribution in [3.63, 3.8) is 0 Å². The molecule has 2 heterocycles. The second-order valence-corrected chi connectivity index (χ2v) is 8.58. The van der Waals surface area contributed by atoms with Gasteiger partial charge in [0.25, 0.3) is 0 Å². The molecule has 0 amide bonds. The van der Waals surface area contributed by atoms with Crippen molar-refractivity contribution in [2.45, 2.75) is 49.9 Å². The smallest absolute Gasteiger partial charge is 0.419 e. The van der Waals surface area contributed by atoms with Crippen LogP contribution >= 0.6 is 11.6 Å². The van der Waals surface area contributed by atoms with Crippen molar-refractivity contribution >= 4 is 17.3 Å². The lowest BCUT2D eigenvalue weighted by atomic mass is 9.85. The second-order valence-electron chi connectivity index (χ2n) is 8.14. The Morgan fingerprint density at radius 2 is 1.73 bits per heavy atom. The molecule has 0 radical (unpaired) electrons. The summed E-state index contributed by atoms with van der Waals surface area (Å²) in [6.45, 7) is 2.20. The van der Waals surface area contributed by atoms with Crippen LogP contribution in [0.5, 0.6) is 5.75 Å². The summed E-state index contributed by atoms with van der Waals surface area (Å²) in [5.74, 6) is -0.0994. The summed E-state index contributed by atoms with van der Waals surface area (Å²) in [4.78, 5) is 2.49. The van der Waals surface area contributed by atoms with Gasteiger partial charge in [-0.2, -0.15) is 13.2 Å². The first-order valence-corrected chi connectivity index (χ1v) is 10.8. The number of hydrogen-bond acceptors (Lipinski definition) is 3. The van der Waals surface area contributed by atoms with Crippen LogP contribution in [0.15, 0.2) is 48.5 Å². The van der Waals surface area contributed by atoms with E-state index in [4.69, 9.17) is 16.3 Å². The molecule has 2 aromatic carbocycles. The maximum Gasteiger partial charge on any atom is 0.419 e. The van der Waals surface area contributed by atoms with Gasteiger partial charge in [0.05, 0.1) is 12.2 Å². The van der Waals surface area contributed by atoms with Crippen LogP contribution in [0.25, 0.3) is 0 Å². The standard InChI is InChI=1S/C23H26ClF3N2O/c24-17-5-7-18(8-6-17)29-19(9-11-22(29)12-14-28-15-13-22)10-16-30-21-4-2-1-3-20(21)23(25,26)27/h1-8,19,28H,9-16H2. The van der Waals surface area contributed by atoms with Crippen molar-refractivity contribution in [2.24, 2.45) is 0 Å². The van der Waals surface area contributed by atoms with Crippen molar-refractivity contribution in [1.29, 1.82) is 0 Å². The van der Waals surface area contributed by atoms with E-state index in [9.17, 15) is 13.2 Å². The van der Waals surface area contributed by atoms with Crippen molar-refractivity contribution in [3.8, 4) is 5.75 Å². The Bertz CT molecular complexity index is 850. The summed E-state index contributed by atoms with van der Waals surface area (Å²) in [5.41, 5.74) is 0.494. The first-order valence-electron chi connectivity index (χ1n) is 10.4. The zero-order valence-corrected chi connectivity index (χ0v) is 17.5. The fourth-order valence-corrected chi connectivity index (χ4v) is 5.07.